The molecule has 0 bridgehead atoms. The Labute approximate surface area is 104 Å². The van der Waals surface area contributed by atoms with Crippen LogP contribution in [0.15, 0.2) is 30.5 Å². The SMILES string of the molecule is Cc1ccc([N+](=O)[O-])c(NC(C)c2ccn[nH]2)c1. The summed E-state index contributed by atoms with van der Waals surface area (Å²) >= 11 is 0. The highest BCUT2D eigenvalue weighted by molar-refractivity contribution is 5.63. The van der Waals surface area contributed by atoms with Crippen LogP contribution in [0.3, 0.4) is 0 Å². The number of nitrogens with zero attached hydrogens (tertiary/aromatic N) is 2. The summed E-state index contributed by atoms with van der Waals surface area (Å²) in [5.74, 6) is 0. The molecule has 2 N–H and O–H groups in total. The van der Waals surface area contributed by atoms with Gasteiger partial charge < -0.3 is 5.32 Å². The van der Waals surface area contributed by atoms with Crippen molar-refractivity contribution in [3.8, 4) is 0 Å². The molecule has 0 aliphatic rings. The minimum atomic E-state index is -0.387. The van der Waals surface area contributed by atoms with E-state index in [1.807, 2.05) is 19.9 Å². The zero-order valence-corrected chi connectivity index (χ0v) is 10.2. The first-order chi connectivity index (χ1) is 8.58. The fraction of sp³-hybridized carbons (Fsp3) is 0.250. The summed E-state index contributed by atoms with van der Waals surface area (Å²) in [7, 11) is 0. The van der Waals surface area contributed by atoms with E-state index in [0.717, 1.165) is 11.3 Å². The maximum Gasteiger partial charge on any atom is 0.292 e. The molecule has 1 atom stereocenters. The lowest BCUT2D eigenvalue weighted by molar-refractivity contribution is -0.384. The summed E-state index contributed by atoms with van der Waals surface area (Å²) in [6.07, 6.45) is 1.65. The third-order valence-corrected chi connectivity index (χ3v) is 2.71. The second-order valence-corrected chi connectivity index (χ2v) is 4.16. The van der Waals surface area contributed by atoms with Crippen LogP contribution < -0.4 is 5.32 Å². The quantitative estimate of drug-likeness (QED) is 0.641. The van der Waals surface area contributed by atoms with E-state index < -0.39 is 0 Å². The van der Waals surface area contributed by atoms with Gasteiger partial charge in [0.2, 0.25) is 0 Å². The van der Waals surface area contributed by atoms with E-state index in [1.54, 1.807) is 18.3 Å². The first-order valence-electron chi connectivity index (χ1n) is 5.59. The lowest BCUT2D eigenvalue weighted by Gasteiger charge is -2.14. The fourth-order valence-electron chi connectivity index (χ4n) is 1.74. The Balaban J connectivity index is 2.28. The van der Waals surface area contributed by atoms with Gasteiger partial charge >= 0.3 is 0 Å². The number of aromatic amines is 1. The number of anilines is 1. The predicted molar refractivity (Wildman–Crippen MR) is 68.5 cm³/mol. The summed E-state index contributed by atoms with van der Waals surface area (Å²) in [4.78, 5) is 10.6. The lowest BCUT2D eigenvalue weighted by atomic mass is 10.1. The highest BCUT2D eigenvalue weighted by Gasteiger charge is 2.16. The molecule has 1 aromatic carbocycles. The predicted octanol–water partition coefficient (Wildman–Crippen LogP) is 2.80. The van der Waals surface area contributed by atoms with Crippen LogP contribution in [-0.2, 0) is 0 Å². The van der Waals surface area contributed by atoms with Crippen molar-refractivity contribution in [3.63, 3.8) is 0 Å². The van der Waals surface area contributed by atoms with Crippen molar-refractivity contribution in [2.75, 3.05) is 5.32 Å². The Hall–Kier alpha value is -2.37. The van der Waals surface area contributed by atoms with E-state index in [9.17, 15) is 10.1 Å². The molecule has 1 heterocycles. The lowest BCUT2D eigenvalue weighted by Crippen LogP contribution is -2.09. The van der Waals surface area contributed by atoms with Gasteiger partial charge in [-0.05, 0) is 31.5 Å². The molecule has 2 aromatic rings. The van der Waals surface area contributed by atoms with Crippen LogP contribution in [0.25, 0.3) is 0 Å². The van der Waals surface area contributed by atoms with Crippen LogP contribution >= 0.6 is 0 Å². The van der Waals surface area contributed by atoms with Gasteiger partial charge in [0, 0.05) is 12.3 Å². The largest absolute Gasteiger partial charge is 0.371 e. The van der Waals surface area contributed by atoms with Gasteiger partial charge in [0.1, 0.15) is 5.69 Å². The number of rotatable bonds is 4. The second kappa shape index (κ2) is 4.87. The maximum absolute atomic E-state index is 10.9. The van der Waals surface area contributed by atoms with Gasteiger partial charge in [-0.3, -0.25) is 15.2 Å². The van der Waals surface area contributed by atoms with Crippen LogP contribution in [0.1, 0.15) is 24.2 Å². The molecule has 0 fully saturated rings. The second-order valence-electron chi connectivity index (χ2n) is 4.16. The Morgan fingerprint density at radius 1 is 1.44 bits per heavy atom. The molecule has 0 amide bonds. The number of benzene rings is 1. The fourth-order valence-corrected chi connectivity index (χ4v) is 1.74. The van der Waals surface area contributed by atoms with Crippen LogP contribution in [0, 0.1) is 17.0 Å². The number of nitro benzene ring substituents is 1. The average molecular weight is 246 g/mol. The zero-order valence-electron chi connectivity index (χ0n) is 10.2. The molecule has 1 unspecified atom stereocenters. The molecule has 0 saturated carbocycles. The molecule has 1 aromatic heterocycles. The van der Waals surface area contributed by atoms with Crippen molar-refractivity contribution in [3.05, 3.63) is 51.8 Å². The van der Waals surface area contributed by atoms with E-state index in [0.29, 0.717) is 5.69 Å². The molecule has 0 saturated heterocycles. The van der Waals surface area contributed by atoms with Gasteiger partial charge in [-0.1, -0.05) is 6.07 Å². The number of aryl methyl sites for hydroxylation is 1. The van der Waals surface area contributed by atoms with Crippen molar-refractivity contribution >= 4 is 11.4 Å². The van der Waals surface area contributed by atoms with Gasteiger partial charge in [0.05, 0.1) is 16.7 Å². The van der Waals surface area contributed by atoms with Crippen LogP contribution in [0.4, 0.5) is 11.4 Å². The van der Waals surface area contributed by atoms with E-state index in [-0.39, 0.29) is 16.7 Å². The summed E-state index contributed by atoms with van der Waals surface area (Å²) in [6.45, 7) is 3.81. The van der Waals surface area contributed by atoms with Crippen molar-refractivity contribution in [2.24, 2.45) is 0 Å². The van der Waals surface area contributed by atoms with Crippen LogP contribution in [0.5, 0.6) is 0 Å². The minimum Gasteiger partial charge on any atom is -0.371 e. The van der Waals surface area contributed by atoms with Crippen molar-refractivity contribution in [1.29, 1.82) is 0 Å². The summed E-state index contributed by atoms with van der Waals surface area (Å²) in [5, 5.41) is 20.8. The molecule has 0 spiro atoms. The van der Waals surface area contributed by atoms with Gasteiger partial charge in [-0.2, -0.15) is 5.10 Å². The van der Waals surface area contributed by atoms with Crippen LogP contribution in [-0.4, -0.2) is 15.1 Å². The van der Waals surface area contributed by atoms with Crippen molar-refractivity contribution in [1.82, 2.24) is 10.2 Å². The maximum atomic E-state index is 10.9. The van der Waals surface area contributed by atoms with Gasteiger partial charge in [-0.15, -0.1) is 0 Å². The Kier molecular flexibility index (Phi) is 3.27. The monoisotopic (exact) mass is 246 g/mol. The van der Waals surface area contributed by atoms with E-state index >= 15 is 0 Å². The molecule has 0 aliphatic heterocycles. The highest BCUT2D eigenvalue weighted by atomic mass is 16.6. The zero-order chi connectivity index (χ0) is 13.1. The third kappa shape index (κ3) is 2.48. The molecular formula is C12H14N4O2. The Morgan fingerprint density at radius 3 is 2.83 bits per heavy atom. The normalized spacial score (nSPS) is 12.1. The van der Waals surface area contributed by atoms with E-state index in [4.69, 9.17) is 0 Å². The molecule has 0 aliphatic carbocycles. The van der Waals surface area contributed by atoms with Gasteiger partial charge in [-0.25, -0.2) is 0 Å². The van der Waals surface area contributed by atoms with Crippen molar-refractivity contribution in [2.45, 2.75) is 19.9 Å². The van der Waals surface area contributed by atoms with Gasteiger partial charge in [0.25, 0.3) is 5.69 Å². The van der Waals surface area contributed by atoms with E-state index in [1.165, 1.54) is 6.07 Å². The molecule has 6 nitrogen and oxygen atoms in total. The molecule has 6 heteroatoms. The standard InChI is InChI=1S/C12H14N4O2/c1-8-3-4-12(16(17)18)11(7-8)14-9(2)10-5-6-13-15-10/h3-7,9,14H,1-2H3,(H,13,15). The number of hydrogen-bond donors (Lipinski definition) is 2. The topological polar surface area (TPSA) is 83.8 Å². The molecular weight excluding hydrogens is 232 g/mol. The third-order valence-electron chi connectivity index (χ3n) is 2.71. The minimum absolute atomic E-state index is 0.0759. The summed E-state index contributed by atoms with van der Waals surface area (Å²) in [6, 6.07) is 6.76. The van der Waals surface area contributed by atoms with Gasteiger partial charge in [0.15, 0.2) is 0 Å². The summed E-state index contributed by atoms with van der Waals surface area (Å²) in [5.41, 5.74) is 2.44. The molecule has 94 valence electrons. The van der Waals surface area contributed by atoms with Crippen LogP contribution in [0.2, 0.25) is 0 Å². The Morgan fingerprint density at radius 2 is 2.22 bits per heavy atom. The number of H-pyrrole nitrogens is 1. The number of nitrogens with one attached hydrogen (secondary N) is 2. The molecule has 0 radical (unpaired) electrons. The number of hydrogen-bond acceptors (Lipinski definition) is 4. The molecule has 2 rings (SSSR count). The first kappa shape index (κ1) is 12.1. The highest BCUT2D eigenvalue weighted by Crippen LogP contribution is 2.28. The first-order valence-corrected chi connectivity index (χ1v) is 5.59. The summed E-state index contributed by atoms with van der Waals surface area (Å²) < 4.78 is 0. The average Bonchev–Trinajstić information content (AvgIpc) is 2.81. The smallest absolute Gasteiger partial charge is 0.292 e. The van der Waals surface area contributed by atoms with E-state index in [2.05, 4.69) is 15.5 Å². The Bertz CT molecular complexity index is 551. The number of nitro groups is 1. The number of aromatic nitrogens is 2. The van der Waals surface area contributed by atoms with Crippen molar-refractivity contribution < 1.29 is 4.92 Å². The molecule has 18 heavy (non-hydrogen) atoms.